The summed E-state index contributed by atoms with van der Waals surface area (Å²) in [5.41, 5.74) is -2.42. The second-order valence-electron chi connectivity index (χ2n) is 9.36. The van der Waals surface area contributed by atoms with E-state index in [0.29, 0.717) is 28.5 Å². The lowest BCUT2D eigenvalue weighted by molar-refractivity contribution is -0.143. The normalized spacial score (nSPS) is 12.5. The van der Waals surface area contributed by atoms with Gasteiger partial charge in [0.25, 0.3) is 5.91 Å². The number of rotatable bonds is 10. The Labute approximate surface area is 238 Å². The van der Waals surface area contributed by atoms with Gasteiger partial charge in [-0.3, -0.25) is 9.59 Å². The second-order valence-corrected chi connectivity index (χ2v) is 9.79. The fourth-order valence-electron chi connectivity index (χ4n) is 4.10. The Kier molecular flexibility index (Phi) is 10.3. The summed E-state index contributed by atoms with van der Waals surface area (Å²) in [6, 6.07) is 13.6. The molecule has 2 amide bonds. The molecule has 0 aliphatic carbocycles. The summed E-state index contributed by atoms with van der Waals surface area (Å²) >= 11 is 5.94. The van der Waals surface area contributed by atoms with Gasteiger partial charge < -0.3 is 15.0 Å². The number of methoxy groups -OCH3 is 1. The van der Waals surface area contributed by atoms with E-state index in [9.17, 15) is 35.9 Å². The predicted molar refractivity (Wildman–Crippen MR) is 142 cm³/mol. The zero-order chi connectivity index (χ0) is 30.4. The topological polar surface area (TPSA) is 58.6 Å². The van der Waals surface area contributed by atoms with Gasteiger partial charge in [0, 0.05) is 36.6 Å². The molecule has 3 aromatic rings. The number of carbonyl (C=O) groups excluding carboxylic acids is 2. The molecule has 0 bridgehead atoms. The fraction of sp³-hybridized carbons (Fsp3) is 0.310. The molecule has 5 nitrogen and oxygen atoms in total. The number of carbonyl (C=O) groups is 2. The Bertz CT molecular complexity index is 1310. The Morgan fingerprint density at radius 2 is 1.41 bits per heavy atom. The van der Waals surface area contributed by atoms with Gasteiger partial charge in [0.05, 0.1) is 18.2 Å². The van der Waals surface area contributed by atoms with Crippen LogP contribution >= 0.6 is 11.6 Å². The highest BCUT2D eigenvalue weighted by molar-refractivity contribution is 6.30. The summed E-state index contributed by atoms with van der Waals surface area (Å²) in [5.74, 6) is -0.735. The second kappa shape index (κ2) is 13.3. The third-order valence-corrected chi connectivity index (χ3v) is 6.69. The van der Waals surface area contributed by atoms with Crippen molar-refractivity contribution >= 4 is 23.4 Å². The van der Waals surface area contributed by atoms with Crippen molar-refractivity contribution in [2.45, 2.75) is 44.2 Å². The van der Waals surface area contributed by atoms with Crippen molar-refractivity contribution in [3.05, 3.63) is 99.6 Å². The number of ether oxygens (including phenoxy) is 1. The number of benzene rings is 3. The lowest BCUT2D eigenvalue weighted by Gasteiger charge is -2.29. The first-order valence-electron chi connectivity index (χ1n) is 12.4. The highest BCUT2D eigenvalue weighted by Gasteiger charge is 2.38. The molecule has 0 heterocycles. The molecule has 0 fully saturated rings. The van der Waals surface area contributed by atoms with Crippen LogP contribution in [0.4, 0.5) is 26.3 Å². The van der Waals surface area contributed by atoms with Crippen molar-refractivity contribution in [2.24, 2.45) is 0 Å². The molecule has 0 aliphatic heterocycles. The van der Waals surface area contributed by atoms with Crippen molar-refractivity contribution in [1.82, 2.24) is 10.2 Å². The van der Waals surface area contributed by atoms with Crippen LogP contribution in [0.3, 0.4) is 0 Å². The predicted octanol–water partition coefficient (Wildman–Crippen LogP) is 7.17. The Hall–Kier alpha value is -3.73. The molecule has 220 valence electrons. The van der Waals surface area contributed by atoms with Gasteiger partial charge >= 0.3 is 12.4 Å². The van der Waals surface area contributed by atoms with E-state index in [-0.39, 0.29) is 37.8 Å². The zero-order valence-electron chi connectivity index (χ0n) is 22.1. The van der Waals surface area contributed by atoms with Crippen LogP contribution in [0.2, 0.25) is 5.02 Å². The van der Waals surface area contributed by atoms with E-state index < -0.39 is 41.0 Å². The van der Waals surface area contributed by atoms with Crippen LogP contribution in [0, 0.1) is 0 Å². The van der Waals surface area contributed by atoms with Gasteiger partial charge in [-0.2, -0.15) is 26.3 Å². The minimum Gasteiger partial charge on any atom is -0.497 e. The van der Waals surface area contributed by atoms with E-state index in [1.165, 1.54) is 14.2 Å². The molecule has 0 radical (unpaired) electrons. The van der Waals surface area contributed by atoms with Gasteiger partial charge in [-0.15, -0.1) is 0 Å². The maximum Gasteiger partial charge on any atom is 0.416 e. The molecule has 0 spiro atoms. The summed E-state index contributed by atoms with van der Waals surface area (Å²) in [4.78, 5) is 26.9. The molecule has 1 atom stereocenters. The molecule has 0 aliphatic rings. The van der Waals surface area contributed by atoms with Crippen molar-refractivity contribution in [3.63, 3.8) is 0 Å². The fourth-order valence-corrected chi connectivity index (χ4v) is 4.23. The summed E-state index contributed by atoms with van der Waals surface area (Å²) in [6.07, 6.45) is -9.98. The molecule has 0 saturated heterocycles. The van der Waals surface area contributed by atoms with Gasteiger partial charge in [-0.1, -0.05) is 35.9 Å². The Morgan fingerprint density at radius 3 is 1.93 bits per heavy atom. The summed E-state index contributed by atoms with van der Waals surface area (Å²) in [7, 11) is 2.81. The van der Waals surface area contributed by atoms with E-state index >= 15 is 0 Å². The van der Waals surface area contributed by atoms with Gasteiger partial charge in [0.1, 0.15) is 5.75 Å². The number of nitrogens with zero attached hydrogens (tertiary/aromatic N) is 1. The Balaban J connectivity index is 1.81. The average Bonchev–Trinajstić information content (AvgIpc) is 2.93. The van der Waals surface area contributed by atoms with E-state index in [1.54, 1.807) is 48.5 Å². The molecule has 0 aromatic heterocycles. The quantitative estimate of drug-likeness (QED) is 0.251. The molecule has 0 saturated carbocycles. The van der Waals surface area contributed by atoms with Crippen LogP contribution in [-0.2, 0) is 30.1 Å². The lowest BCUT2D eigenvalue weighted by Crippen LogP contribution is -2.39. The van der Waals surface area contributed by atoms with Gasteiger partial charge in [-0.05, 0) is 66.4 Å². The standard InChI is InChI=1S/C29H27ClF6N2O3/c1-38(27(40)20-14-21(28(31,32)33)16-22(15-20)29(34,35)36)24(13-18-3-7-23(30)8-4-18)9-12-26(39)37-17-19-5-10-25(41-2)11-6-19/h3-8,10-11,14-16,24H,9,12-13,17H2,1-2H3,(H,37,39). The minimum absolute atomic E-state index is 0.0326. The third kappa shape index (κ3) is 9.14. The molecule has 41 heavy (non-hydrogen) atoms. The van der Waals surface area contributed by atoms with Crippen molar-refractivity contribution in [3.8, 4) is 5.75 Å². The van der Waals surface area contributed by atoms with Crippen molar-refractivity contribution in [2.75, 3.05) is 14.2 Å². The van der Waals surface area contributed by atoms with Gasteiger partial charge in [0.2, 0.25) is 5.91 Å². The monoisotopic (exact) mass is 600 g/mol. The maximum atomic E-state index is 13.4. The number of amides is 2. The van der Waals surface area contributed by atoms with Crippen molar-refractivity contribution in [1.29, 1.82) is 0 Å². The van der Waals surface area contributed by atoms with Crippen LogP contribution in [-0.4, -0.2) is 36.9 Å². The number of hydrogen-bond acceptors (Lipinski definition) is 3. The minimum atomic E-state index is -5.10. The first kappa shape index (κ1) is 31.8. The van der Waals surface area contributed by atoms with Crippen LogP contribution in [0.25, 0.3) is 0 Å². The molecule has 12 heteroatoms. The van der Waals surface area contributed by atoms with Crippen LogP contribution in [0.5, 0.6) is 5.75 Å². The summed E-state index contributed by atoms with van der Waals surface area (Å²) in [5, 5.41) is 3.22. The molecule has 1 unspecified atom stereocenters. The molecular weight excluding hydrogens is 574 g/mol. The zero-order valence-corrected chi connectivity index (χ0v) is 22.8. The van der Waals surface area contributed by atoms with Crippen LogP contribution < -0.4 is 10.1 Å². The number of alkyl halides is 6. The van der Waals surface area contributed by atoms with Gasteiger partial charge in [-0.25, -0.2) is 0 Å². The maximum absolute atomic E-state index is 13.4. The average molecular weight is 601 g/mol. The van der Waals surface area contributed by atoms with E-state index in [1.807, 2.05) is 0 Å². The highest BCUT2D eigenvalue weighted by Crippen LogP contribution is 2.36. The van der Waals surface area contributed by atoms with Crippen LogP contribution in [0.1, 0.15) is 45.5 Å². The summed E-state index contributed by atoms with van der Waals surface area (Å²) in [6.45, 7) is 0.226. The molecular formula is C29H27ClF6N2O3. The number of hydrogen-bond donors (Lipinski definition) is 1. The molecule has 3 rings (SSSR count). The summed E-state index contributed by atoms with van der Waals surface area (Å²) < 4.78 is 85.3. The largest absolute Gasteiger partial charge is 0.497 e. The number of likely N-dealkylation sites (N-methyl/N-ethyl adjacent to an activating group) is 1. The first-order valence-corrected chi connectivity index (χ1v) is 12.8. The van der Waals surface area contributed by atoms with Crippen LogP contribution in [0.15, 0.2) is 66.7 Å². The highest BCUT2D eigenvalue weighted by atomic mass is 35.5. The first-order chi connectivity index (χ1) is 19.2. The lowest BCUT2D eigenvalue weighted by atomic mass is 9.98. The van der Waals surface area contributed by atoms with Gasteiger partial charge in [0.15, 0.2) is 0 Å². The van der Waals surface area contributed by atoms with E-state index in [4.69, 9.17) is 16.3 Å². The molecule has 3 aromatic carbocycles. The van der Waals surface area contributed by atoms with E-state index in [2.05, 4.69) is 5.32 Å². The number of nitrogens with one attached hydrogen (secondary N) is 1. The molecule has 1 N–H and O–H groups in total. The smallest absolute Gasteiger partial charge is 0.416 e. The SMILES string of the molecule is COc1ccc(CNC(=O)CCC(Cc2ccc(Cl)cc2)N(C)C(=O)c2cc(C(F)(F)F)cc(C(F)(F)F)c2)cc1. The number of halogens is 7. The Morgan fingerprint density at radius 1 is 0.878 bits per heavy atom. The third-order valence-electron chi connectivity index (χ3n) is 6.44. The van der Waals surface area contributed by atoms with Crippen molar-refractivity contribution < 1.29 is 40.7 Å². The van der Waals surface area contributed by atoms with E-state index in [0.717, 1.165) is 10.5 Å².